The molecule has 4 aliphatic rings. The van der Waals surface area contributed by atoms with Gasteiger partial charge in [0.05, 0.1) is 0 Å². The van der Waals surface area contributed by atoms with Crippen molar-refractivity contribution in [3.8, 4) is 0 Å². The minimum atomic E-state index is 0.322. The first-order chi connectivity index (χ1) is 24.5. The summed E-state index contributed by atoms with van der Waals surface area (Å²) >= 11 is 0. The lowest BCUT2D eigenvalue weighted by Crippen LogP contribution is -2.50. The molecule has 0 unspecified atom stereocenters. The van der Waals surface area contributed by atoms with Gasteiger partial charge in [-0.2, -0.15) is 0 Å². The molecule has 4 aliphatic heterocycles. The van der Waals surface area contributed by atoms with Crippen LogP contribution in [0, 0.1) is 23.7 Å². The van der Waals surface area contributed by atoms with E-state index in [1.165, 1.54) is 38.5 Å². The molecule has 10 heteroatoms. The average Bonchev–Trinajstić information content (AvgIpc) is 3.09. The minimum absolute atomic E-state index is 0.322. The number of amides is 4. The lowest BCUT2D eigenvalue weighted by Gasteiger charge is -2.37. The zero-order valence-corrected chi connectivity index (χ0v) is 35.8. The molecular weight excluding hydrogens is 652 g/mol. The van der Waals surface area contributed by atoms with Gasteiger partial charge in [0.2, 0.25) is 23.6 Å². The van der Waals surface area contributed by atoms with Crippen LogP contribution >= 0.6 is 0 Å². The number of hydrogen-bond acceptors (Lipinski definition) is 6. The summed E-state index contributed by atoms with van der Waals surface area (Å²) in [5, 5.41) is 0. The second-order valence-electron chi connectivity index (χ2n) is 17.5. The van der Waals surface area contributed by atoms with Gasteiger partial charge in [-0.1, -0.05) is 55.4 Å². The van der Waals surface area contributed by atoms with Gasteiger partial charge >= 0.3 is 0 Å². The van der Waals surface area contributed by atoms with Crippen LogP contribution in [0.1, 0.15) is 133 Å². The van der Waals surface area contributed by atoms with Crippen LogP contribution in [-0.4, -0.2) is 145 Å². The summed E-state index contributed by atoms with van der Waals surface area (Å²) in [6.07, 6.45) is 10.2. The summed E-state index contributed by atoms with van der Waals surface area (Å²) in [7, 11) is 2.10. The predicted octanol–water partition coefficient (Wildman–Crippen LogP) is 6.48. The van der Waals surface area contributed by atoms with E-state index < -0.39 is 0 Å². The highest BCUT2D eigenvalue weighted by Gasteiger charge is 2.23. The zero-order chi connectivity index (χ0) is 39.2. The fourth-order valence-electron chi connectivity index (χ4n) is 6.74. The summed E-state index contributed by atoms with van der Waals surface area (Å²) in [4.78, 5) is 59.2. The third kappa shape index (κ3) is 21.5. The van der Waals surface area contributed by atoms with Gasteiger partial charge in [0.15, 0.2) is 0 Å². The number of nitrogens with zero attached hydrogens (tertiary/aromatic N) is 6. The summed E-state index contributed by atoms with van der Waals surface area (Å²) in [5.41, 5.74) is 0. The van der Waals surface area contributed by atoms with Crippen molar-refractivity contribution < 1.29 is 19.2 Å². The molecule has 10 nitrogen and oxygen atoms in total. The largest absolute Gasteiger partial charge is 0.343 e. The van der Waals surface area contributed by atoms with E-state index in [-0.39, 0.29) is 0 Å². The summed E-state index contributed by atoms with van der Waals surface area (Å²) in [6.45, 7) is 32.9. The number of rotatable bonds is 9. The van der Waals surface area contributed by atoms with Gasteiger partial charge in [-0.05, 0) is 83.1 Å². The molecule has 0 aromatic carbocycles. The molecular formula is C42H82N6O4. The molecule has 4 amide bonds. The molecule has 0 atom stereocenters. The highest BCUT2D eigenvalue weighted by atomic mass is 16.2. The van der Waals surface area contributed by atoms with Crippen molar-refractivity contribution in [1.82, 2.24) is 29.4 Å². The highest BCUT2D eigenvalue weighted by Crippen LogP contribution is 2.14. The Morgan fingerprint density at radius 2 is 0.615 bits per heavy atom. The smallest absolute Gasteiger partial charge is 0.222 e. The maximum atomic E-state index is 11.8. The molecule has 0 N–H and O–H groups in total. The molecule has 0 radical (unpaired) electrons. The van der Waals surface area contributed by atoms with Gasteiger partial charge in [-0.25, -0.2) is 0 Å². The van der Waals surface area contributed by atoms with Gasteiger partial charge in [0, 0.05) is 110 Å². The number of likely N-dealkylation sites (N-methyl/N-ethyl adjacent to an activating group) is 1. The first-order valence-corrected chi connectivity index (χ1v) is 21.0. The van der Waals surface area contributed by atoms with E-state index in [1.54, 1.807) is 0 Å². The highest BCUT2D eigenvalue weighted by molar-refractivity contribution is 5.77. The maximum absolute atomic E-state index is 11.8. The number of carbonyl (C=O) groups is 4. The van der Waals surface area contributed by atoms with Gasteiger partial charge in [0.1, 0.15) is 0 Å². The second-order valence-corrected chi connectivity index (χ2v) is 17.5. The topological polar surface area (TPSA) is 87.7 Å². The molecule has 304 valence electrons. The zero-order valence-electron chi connectivity index (χ0n) is 35.8. The van der Waals surface area contributed by atoms with E-state index in [4.69, 9.17) is 0 Å². The van der Waals surface area contributed by atoms with Gasteiger partial charge < -0.3 is 24.5 Å². The number of hydrogen-bond donors (Lipinski definition) is 0. The van der Waals surface area contributed by atoms with Gasteiger partial charge in [-0.3, -0.25) is 24.1 Å². The van der Waals surface area contributed by atoms with E-state index in [0.717, 1.165) is 91.4 Å². The van der Waals surface area contributed by atoms with Crippen LogP contribution < -0.4 is 0 Å². The summed E-state index contributed by atoms with van der Waals surface area (Å²) in [6, 6.07) is 0.604. The number of piperazine rings is 2. The Morgan fingerprint density at radius 3 is 0.865 bits per heavy atom. The third-order valence-electron chi connectivity index (χ3n) is 10.0. The molecule has 4 rings (SSSR count). The van der Waals surface area contributed by atoms with Crippen molar-refractivity contribution in [2.45, 2.75) is 139 Å². The molecule has 0 saturated carbocycles. The van der Waals surface area contributed by atoms with Crippen molar-refractivity contribution in [3.05, 3.63) is 0 Å². The molecule has 0 aromatic heterocycles. The SMILES string of the molecule is CC(C)CC(=O)N1CCCCC1.CC(C)CC(=O)N1CCCCC1.CC(C)CC(=O)N1CCN(C(C)C)CC1.CC(C)CC(=O)N1CCN(C)CC1. The van der Waals surface area contributed by atoms with Crippen LogP contribution in [0.4, 0.5) is 0 Å². The lowest BCUT2D eigenvalue weighted by atomic mass is 10.1. The van der Waals surface area contributed by atoms with E-state index in [1.807, 2.05) is 19.6 Å². The molecule has 4 saturated heterocycles. The van der Waals surface area contributed by atoms with Crippen LogP contribution in [0.3, 0.4) is 0 Å². The van der Waals surface area contributed by atoms with Crippen LogP contribution in [0.2, 0.25) is 0 Å². The number of carbonyl (C=O) groups excluding carboxylic acids is 4. The monoisotopic (exact) mass is 735 g/mol. The van der Waals surface area contributed by atoms with Gasteiger partial charge in [0.25, 0.3) is 0 Å². The molecule has 4 fully saturated rings. The fraction of sp³-hybridized carbons (Fsp3) is 0.905. The lowest BCUT2D eigenvalue weighted by molar-refractivity contribution is -0.134. The maximum Gasteiger partial charge on any atom is 0.222 e. The molecule has 0 aromatic rings. The van der Waals surface area contributed by atoms with Crippen LogP contribution in [0.25, 0.3) is 0 Å². The average molecular weight is 735 g/mol. The van der Waals surface area contributed by atoms with E-state index in [2.05, 4.69) is 86.1 Å². The Kier molecular flexibility index (Phi) is 24.4. The molecule has 0 aliphatic carbocycles. The van der Waals surface area contributed by atoms with Crippen LogP contribution in [0.5, 0.6) is 0 Å². The summed E-state index contributed by atoms with van der Waals surface area (Å²) < 4.78 is 0. The van der Waals surface area contributed by atoms with Crippen molar-refractivity contribution in [1.29, 1.82) is 0 Å². The molecule has 52 heavy (non-hydrogen) atoms. The van der Waals surface area contributed by atoms with Crippen molar-refractivity contribution in [2.75, 3.05) is 85.6 Å². The quantitative estimate of drug-likeness (QED) is 0.270. The van der Waals surface area contributed by atoms with Crippen molar-refractivity contribution in [3.63, 3.8) is 0 Å². The van der Waals surface area contributed by atoms with Crippen molar-refractivity contribution >= 4 is 23.6 Å². The Balaban J connectivity index is 0.000000348. The molecule has 0 bridgehead atoms. The Morgan fingerprint density at radius 1 is 0.365 bits per heavy atom. The normalized spacial score (nSPS) is 18.8. The Bertz CT molecular complexity index is 952. The fourth-order valence-corrected chi connectivity index (χ4v) is 6.74. The van der Waals surface area contributed by atoms with E-state index in [0.29, 0.717) is 66.2 Å². The van der Waals surface area contributed by atoms with E-state index >= 15 is 0 Å². The van der Waals surface area contributed by atoms with Crippen LogP contribution in [0.15, 0.2) is 0 Å². The van der Waals surface area contributed by atoms with Crippen molar-refractivity contribution in [2.24, 2.45) is 23.7 Å². The number of piperidine rings is 2. The Labute approximate surface area is 320 Å². The minimum Gasteiger partial charge on any atom is -0.343 e. The molecule has 4 heterocycles. The van der Waals surface area contributed by atoms with Crippen LogP contribution in [-0.2, 0) is 19.2 Å². The third-order valence-corrected chi connectivity index (χ3v) is 10.0. The van der Waals surface area contributed by atoms with E-state index in [9.17, 15) is 19.2 Å². The first kappa shape index (κ1) is 47.8. The second kappa shape index (κ2) is 26.6. The number of likely N-dealkylation sites (tertiary alicyclic amines) is 2. The summed E-state index contributed by atoms with van der Waals surface area (Å²) in [5.74, 6) is 3.30. The predicted molar refractivity (Wildman–Crippen MR) is 216 cm³/mol. The standard InChI is InChI=1S/C12H24N2O.C10H20N2O.2C10H19NO/c1-10(2)9-12(15)14-7-5-13(6-8-14)11(3)4;1-9(2)8-10(13)12-6-4-11(3)5-7-12;2*1-9(2)8-10(12)11-6-4-3-5-7-11/h10-11H,5-9H2,1-4H3;9H,4-8H2,1-3H3;2*9H,3-8H2,1-2H3. The molecule has 0 spiro atoms. The van der Waals surface area contributed by atoms with Gasteiger partial charge in [-0.15, -0.1) is 0 Å². The Hall–Kier alpha value is -2.20. The first-order valence-electron chi connectivity index (χ1n) is 21.0.